The average molecular weight is 525 g/mol. The van der Waals surface area contributed by atoms with E-state index in [1.54, 1.807) is 13.8 Å². The molecule has 8 atom stereocenters. The van der Waals surface area contributed by atoms with Gasteiger partial charge in [0.15, 0.2) is 0 Å². The van der Waals surface area contributed by atoms with Crippen molar-refractivity contribution in [3.63, 3.8) is 0 Å². The summed E-state index contributed by atoms with van der Waals surface area (Å²) >= 11 is 0. The molecule has 0 aromatic rings. The average Bonchev–Trinajstić information content (AvgIpc) is 3.55. The van der Waals surface area contributed by atoms with Gasteiger partial charge in [-0.05, 0) is 39.5 Å². The van der Waals surface area contributed by atoms with Crippen molar-refractivity contribution in [3.8, 4) is 0 Å². The van der Waals surface area contributed by atoms with Gasteiger partial charge >= 0.3 is 41.5 Å². The Balaban J connectivity index is 0.00000648. The maximum atomic E-state index is 12.1. The Bertz CT molecular complexity index is 706. The Hall–Kier alpha value is -0.520. The van der Waals surface area contributed by atoms with Crippen molar-refractivity contribution in [1.82, 2.24) is 0 Å². The molecular weight excluding hydrogens is 479 g/mol. The maximum Gasteiger partial charge on any atom is 1.00 e. The van der Waals surface area contributed by atoms with Crippen LogP contribution >= 0.6 is 0 Å². The van der Waals surface area contributed by atoms with E-state index in [9.17, 15) is 24.9 Å². The molecule has 0 bridgehead atoms. The maximum absolute atomic E-state index is 12.1. The number of aliphatic carboxylic acids is 1. The van der Waals surface area contributed by atoms with Gasteiger partial charge in [0.25, 0.3) is 0 Å². The zero-order valence-corrected chi connectivity index (χ0v) is 24.3. The summed E-state index contributed by atoms with van der Waals surface area (Å²) in [4.78, 5) is 22.5. The SMILES string of the molecule is C/C(=C\C(=O)OCCCCCCCCC(=O)O)C[C@@H]1OC[C@H](C[C@@H]2O[C@H]2[C@@H](C)[C@H](C)O)[C@@H](O)[C@H]1O.[H-].[Na+]. The molecule has 2 fully saturated rings. The number of hydrogen-bond acceptors (Lipinski definition) is 8. The molecule has 0 spiro atoms. The van der Waals surface area contributed by atoms with Crippen LogP contribution in [0.15, 0.2) is 11.6 Å². The molecule has 2 rings (SSSR count). The van der Waals surface area contributed by atoms with Crippen molar-refractivity contribution in [1.29, 1.82) is 0 Å². The predicted molar refractivity (Wildman–Crippen MR) is 130 cm³/mol. The second-order valence-electron chi connectivity index (χ2n) is 10.2. The van der Waals surface area contributed by atoms with Gasteiger partial charge in [0.1, 0.15) is 6.10 Å². The number of carbonyl (C=O) groups is 2. The quantitative estimate of drug-likeness (QED) is 0.0703. The minimum absolute atomic E-state index is 0. The van der Waals surface area contributed by atoms with E-state index >= 15 is 0 Å². The molecule has 0 radical (unpaired) electrons. The van der Waals surface area contributed by atoms with E-state index in [1.165, 1.54) is 6.08 Å². The van der Waals surface area contributed by atoms with Crippen LogP contribution in [0.4, 0.5) is 0 Å². The zero-order valence-electron chi connectivity index (χ0n) is 23.3. The van der Waals surface area contributed by atoms with E-state index in [-0.39, 0.29) is 61.4 Å². The third-order valence-electron chi connectivity index (χ3n) is 7.09. The summed E-state index contributed by atoms with van der Waals surface area (Å²) in [5.74, 6) is -1.42. The number of carboxylic acids is 1. The zero-order chi connectivity index (χ0) is 26.0. The molecular formula is C26H45NaO9. The Morgan fingerprint density at radius 3 is 2.33 bits per heavy atom. The molecule has 0 aliphatic carbocycles. The second kappa shape index (κ2) is 17.1. The van der Waals surface area contributed by atoms with E-state index in [0.717, 1.165) is 32.1 Å². The van der Waals surface area contributed by atoms with E-state index in [4.69, 9.17) is 19.3 Å². The largest absolute Gasteiger partial charge is 1.00 e. The van der Waals surface area contributed by atoms with Gasteiger partial charge in [-0.15, -0.1) is 0 Å². The van der Waals surface area contributed by atoms with Crippen LogP contribution in [0.25, 0.3) is 0 Å². The van der Waals surface area contributed by atoms with Gasteiger partial charge in [-0.3, -0.25) is 4.79 Å². The molecule has 2 aliphatic heterocycles. The predicted octanol–water partition coefficient (Wildman–Crippen LogP) is -0.291. The summed E-state index contributed by atoms with van der Waals surface area (Å²) in [6.45, 7) is 6.07. The second-order valence-corrected chi connectivity index (χ2v) is 10.2. The first-order valence-electron chi connectivity index (χ1n) is 13.0. The van der Waals surface area contributed by atoms with Crippen molar-refractivity contribution in [2.45, 2.75) is 115 Å². The molecule has 0 unspecified atom stereocenters. The number of carboxylic acid groups (broad SMARTS) is 1. The molecule has 204 valence electrons. The fourth-order valence-corrected chi connectivity index (χ4v) is 4.59. The number of unbranched alkanes of at least 4 members (excludes halogenated alkanes) is 5. The molecule has 2 saturated heterocycles. The third-order valence-corrected chi connectivity index (χ3v) is 7.09. The first-order valence-corrected chi connectivity index (χ1v) is 13.0. The summed E-state index contributed by atoms with van der Waals surface area (Å²) in [5, 5.41) is 39.5. The first kappa shape index (κ1) is 33.5. The van der Waals surface area contributed by atoms with Gasteiger partial charge in [-0.1, -0.05) is 38.2 Å². The smallest absolute Gasteiger partial charge is 1.00 e. The number of aliphatic hydroxyl groups is 3. The number of ether oxygens (including phenoxy) is 3. The summed E-state index contributed by atoms with van der Waals surface area (Å²) in [6.07, 6.45) is 4.61. The van der Waals surface area contributed by atoms with Crippen molar-refractivity contribution >= 4 is 11.9 Å². The molecule has 0 amide bonds. The van der Waals surface area contributed by atoms with Gasteiger partial charge in [0.05, 0.1) is 43.7 Å². The van der Waals surface area contributed by atoms with Gasteiger partial charge in [-0.2, -0.15) is 0 Å². The van der Waals surface area contributed by atoms with E-state index in [2.05, 4.69) is 0 Å². The van der Waals surface area contributed by atoms with Crippen molar-refractivity contribution in [2.24, 2.45) is 11.8 Å². The minimum Gasteiger partial charge on any atom is -1.00 e. The van der Waals surface area contributed by atoms with Gasteiger partial charge in [0.2, 0.25) is 0 Å². The van der Waals surface area contributed by atoms with Crippen LogP contribution in [0, 0.1) is 11.8 Å². The fraction of sp³-hybridized carbons (Fsp3) is 0.846. The Kier molecular flexibility index (Phi) is 16.0. The van der Waals surface area contributed by atoms with Crippen LogP contribution in [0.5, 0.6) is 0 Å². The van der Waals surface area contributed by atoms with Crippen LogP contribution in [0.1, 0.15) is 80.0 Å². The standard InChI is InChI=1S/C26H44O9.Na.H/c1-16(13-23(30)33-11-9-7-5-4-6-8-10-22(28)29)12-20-25(32)24(31)19(15-34-20)14-21-26(35-21)17(2)18(3)27;;/h13,17-21,24-27,31-32H,4-12,14-15H2,1-3H3,(H,28,29);;/q;+1;-1/b16-13+;;/t17-,18-,19-,20-,21-,24+,25-,26-;;/m0../s1. The fourth-order valence-electron chi connectivity index (χ4n) is 4.59. The Morgan fingerprint density at radius 1 is 1.06 bits per heavy atom. The molecule has 0 aromatic carbocycles. The molecule has 4 N–H and O–H groups in total. The van der Waals surface area contributed by atoms with Gasteiger partial charge in [0, 0.05) is 24.3 Å². The number of hydrogen-bond donors (Lipinski definition) is 4. The molecule has 10 heteroatoms. The van der Waals surface area contributed by atoms with E-state index in [1.807, 2.05) is 6.92 Å². The van der Waals surface area contributed by atoms with Crippen molar-refractivity contribution < 1.29 is 75.2 Å². The molecule has 36 heavy (non-hydrogen) atoms. The summed E-state index contributed by atoms with van der Waals surface area (Å²) in [6, 6.07) is 0. The molecule has 2 aliphatic rings. The topological polar surface area (TPSA) is 146 Å². The van der Waals surface area contributed by atoms with Crippen LogP contribution in [-0.2, 0) is 23.8 Å². The van der Waals surface area contributed by atoms with E-state index in [0.29, 0.717) is 38.0 Å². The molecule has 9 nitrogen and oxygen atoms in total. The third kappa shape index (κ3) is 11.9. The number of epoxide rings is 1. The van der Waals surface area contributed by atoms with E-state index < -0.39 is 36.4 Å². The molecule has 2 heterocycles. The first-order chi connectivity index (χ1) is 16.6. The van der Waals surface area contributed by atoms with Crippen molar-refractivity contribution in [2.75, 3.05) is 13.2 Å². The van der Waals surface area contributed by atoms with Gasteiger partial charge < -0.3 is 36.1 Å². The summed E-state index contributed by atoms with van der Waals surface area (Å²) < 4.78 is 16.7. The van der Waals surface area contributed by atoms with Crippen LogP contribution in [-0.4, -0.2) is 82.2 Å². The van der Waals surface area contributed by atoms with Crippen LogP contribution in [0.3, 0.4) is 0 Å². The number of carbonyl (C=O) groups excluding carboxylic acids is 1. The monoisotopic (exact) mass is 524 g/mol. The number of rotatable bonds is 16. The number of aliphatic hydroxyl groups excluding tert-OH is 3. The normalized spacial score (nSPS) is 29.7. The van der Waals surface area contributed by atoms with Gasteiger partial charge in [-0.25, -0.2) is 4.79 Å². The molecule has 0 aromatic heterocycles. The molecule has 0 saturated carbocycles. The van der Waals surface area contributed by atoms with Crippen LogP contribution < -0.4 is 29.6 Å². The Morgan fingerprint density at radius 2 is 1.69 bits per heavy atom. The number of esters is 1. The van der Waals surface area contributed by atoms with Crippen molar-refractivity contribution in [3.05, 3.63) is 11.6 Å². The summed E-state index contributed by atoms with van der Waals surface area (Å²) in [7, 11) is 0. The summed E-state index contributed by atoms with van der Waals surface area (Å²) in [5.41, 5.74) is 0.708. The minimum atomic E-state index is -1.06. The Labute approximate surface area is 238 Å². The van der Waals surface area contributed by atoms with Crippen LogP contribution in [0.2, 0.25) is 0 Å².